The summed E-state index contributed by atoms with van der Waals surface area (Å²) in [6.07, 6.45) is -0.698. The molecule has 0 saturated carbocycles. The van der Waals surface area contributed by atoms with Crippen molar-refractivity contribution in [2.45, 2.75) is 6.92 Å². The predicted octanol–water partition coefficient (Wildman–Crippen LogP) is 2.22. The molecule has 0 atom stereocenters. The SMILES string of the molecule is CCOC(=O)OCC#Cc1ccc(OC)cc1. The summed E-state index contributed by atoms with van der Waals surface area (Å²) in [6.45, 7) is 2.03. The van der Waals surface area contributed by atoms with Crippen molar-refractivity contribution in [1.29, 1.82) is 0 Å². The van der Waals surface area contributed by atoms with E-state index in [1.54, 1.807) is 14.0 Å². The van der Waals surface area contributed by atoms with Gasteiger partial charge in [0.1, 0.15) is 5.75 Å². The lowest BCUT2D eigenvalue weighted by molar-refractivity contribution is 0.0687. The van der Waals surface area contributed by atoms with Gasteiger partial charge in [0.2, 0.25) is 0 Å². The van der Waals surface area contributed by atoms with Crippen LogP contribution in [0.4, 0.5) is 4.79 Å². The van der Waals surface area contributed by atoms with Crippen molar-refractivity contribution in [1.82, 2.24) is 0 Å². The van der Waals surface area contributed by atoms with Crippen LogP contribution < -0.4 is 4.74 Å². The van der Waals surface area contributed by atoms with Crippen LogP contribution in [-0.4, -0.2) is 26.5 Å². The molecule has 0 aliphatic rings. The quantitative estimate of drug-likeness (QED) is 0.594. The van der Waals surface area contributed by atoms with Crippen molar-refractivity contribution in [3.8, 4) is 17.6 Å². The van der Waals surface area contributed by atoms with Crippen LogP contribution in [0.2, 0.25) is 0 Å². The fraction of sp³-hybridized carbons (Fsp3) is 0.308. The van der Waals surface area contributed by atoms with Gasteiger partial charge in [-0.3, -0.25) is 0 Å². The van der Waals surface area contributed by atoms with Crippen molar-refractivity contribution < 1.29 is 19.0 Å². The van der Waals surface area contributed by atoms with E-state index in [1.807, 2.05) is 24.3 Å². The number of methoxy groups -OCH3 is 1. The first-order chi connectivity index (χ1) is 8.26. The summed E-state index contributed by atoms with van der Waals surface area (Å²) in [5.41, 5.74) is 0.832. The van der Waals surface area contributed by atoms with Crippen molar-refractivity contribution in [2.75, 3.05) is 20.3 Å². The number of carbonyl (C=O) groups excluding carboxylic acids is 1. The molecule has 1 aromatic carbocycles. The molecule has 0 saturated heterocycles. The molecule has 0 fully saturated rings. The Kier molecular flexibility index (Phi) is 5.45. The van der Waals surface area contributed by atoms with Gasteiger partial charge in [0.15, 0.2) is 6.61 Å². The first-order valence-electron chi connectivity index (χ1n) is 5.18. The molecule has 4 nitrogen and oxygen atoms in total. The third kappa shape index (κ3) is 4.94. The molecule has 0 spiro atoms. The minimum absolute atomic E-state index is 0.0187. The van der Waals surface area contributed by atoms with Gasteiger partial charge in [0.05, 0.1) is 13.7 Å². The van der Waals surface area contributed by atoms with Crippen molar-refractivity contribution in [3.05, 3.63) is 29.8 Å². The summed E-state index contributed by atoms with van der Waals surface area (Å²) < 4.78 is 14.3. The normalized spacial score (nSPS) is 8.82. The topological polar surface area (TPSA) is 44.8 Å². The molecule has 4 heteroatoms. The van der Waals surface area contributed by atoms with Crippen molar-refractivity contribution >= 4 is 6.16 Å². The molecular weight excluding hydrogens is 220 g/mol. The summed E-state index contributed by atoms with van der Waals surface area (Å²) >= 11 is 0. The highest BCUT2D eigenvalue weighted by Crippen LogP contribution is 2.09. The van der Waals surface area contributed by atoms with E-state index in [9.17, 15) is 4.79 Å². The maximum absolute atomic E-state index is 10.8. The molecule has 0 aliphatic heterocycles. The van der Waals surface area contributed by atoms with Gasteiger partial charge >= 0.3 is 6.16 Å². The van der Waals surface area contributed by atoms with Gasteiger partial charge in [-0.15, -0.1) is 0 Å². The third-order valence-corrected chi connectivity index (χ3v) is 1.85. The molecule has 0 aliphatic carbocycles. The van der Waals surface area contributed by atoms with Crippen LogP contribution in [-0.2, 0) is 9.47 Å². The van der Waals surface area contributed by atoms with E-state index in [-0.39, 0.29) is 6.61 Å². The molecule has 0 radical (unpaired) electrons. The molecule has 0 unspecified atom stereocenters. The van der Waals surface area contributed by atoms with E-state index in [2.05, 4.69) is 21.3 Å². The fourth-order valence-corrected chi connectivity index (χ4v) is 1.07. The molecule has 90 valence electrons. The predicted molar refractivity (Wildman–Crippen MR) is 62.8 cm³/mol. The van der Waals surface area contributed by atoms with Crippen LogP contribution >= 0.6 is 0 Å². The summed E-state index contributed by atoms with van der Waals surface area (Å²) in [7, 11) is 1.61. The standard InChI is InChI=1S/C13H14O4/c1-3-16-13(14)17-10-4-5-11-6-8-12(15-2)9-7-11/h6-9H,3,10H2,1-2H3. The molecule has 0 aromatic heterocycles. The summed E-state index contributed by atoms with van der Waals surface area (Å²) in [6, 6.07) is 7.29. The first kappa shape index (κ1) is 12.9. The molecule has 0 N–H and O–H groups in total. The van der Waals surface area contributed by atoms with Crippen LogP contribution in [0.5, 0.6) is 5.75 Å². The molecular formula is C13H14O4. The molecule has 17 heavy (non-hydrogen) atoms. The minimum atomic E-state index is -0.698. The monoisotopic (exact) mass is 234 g/mol. The number of hydrogen-bond acceptors (Lipinski definition) is 4. The van der Waals surface area contributed by atoms with E-state index in [1.165, 1.54) is 0 Å². The lowest BCUT2D eigenvalue weighted by atomic mass is 10.2. The zero-order valence-electron chi connectivity index (χ0n) is 9.86. The van der Waals surface area contributed by atoms with Crippen LogP contribution in [0.25, 0.3) is 0 Å². The van der Waals surface area contributed by atoms with Crippen LogP contribution in [0.1, 0.15) is 12.5 Å². The summed E-state index contributed by atoms with van der Waals surface area (Å²) in [4.78, 5) is 10.8. The highest BCUT2D eigenvalue weighted by Gasteiger charge is 1.98. The zero-order valence-corrected chi connectivity index (χ0v) is 9.86. The molecule has 0 bridgehead atoms. The van der Waals surface area contributed by atoms with Gasteiger partial charge in [0, 0.05) is 5.56 Å². The Morgan fingerprint density at radius 2 is 1.94 bits per heavy atom. The Morgan fingerprint density at radius 1 is 1.24 bits per heavy atom. The average Bonchev–Trinajstić information content (AvgIpc) is 2.36. The van der Waals surface area contributed by atoms with Gasteiger partial charge in [-0.05, 0) is 31.2 Å². The first-order valence-corrected chi connectivity index (χ1v) is 5.18. The molecule has 0 heterocycles. The zero-order chi connectivity index (χ0) is 12.5. The van der Waals surface area contributed by atoms with Gasteiger partial charge in [-0.1, -0.05) is 11.8 Å². The maximum atomic E-state index is 10.8. The van der Waals surface area contributed by atoms with Gasteiger partial charge in [0.25, 0.3) is 0 Å². The smallest absolute Gasteiger partial charge is 0.497 e. The Bertz CT molecular complexity index is 411. The lowest BCUT2D eigenvalue weighted by Crippen LogP contribution is -2.06. The van der Waals surface area contributed by atoms with Crippen molar-refractivity contribution in [3.63, 3.8) is 0 Å². The average molecular weight is 234 g/mol. The Labute approximate surface area is 100 Å². The largest absolute Gasteiger partial charge is 0.509 e. The van der Waals surface area contributed by atoms with Gasteiger partial charge < -0.3 is 14.2 Å². The highest BCUT2D eigenvalue weighted by molar-refractivity contribution is 5.60. The number of benzene rings is 1. The lowest BCUT2D eigenvalue weighted by Gasteiger charge is -1.99. The number of hydrogen-bond donors (Lipinski definition) is 0. The summed E-state index contributed by atoms with van der Waals surface area (Å²) in [5, 5.41) is 0. The second kappa shape index (κ2) is 7.18. The van der Waals surface area contributed by atoms with Crippen molar-refractivity contribution in [2.24, 2.45) is 0 Å². The molecule has 1 rings (SSSR count). The Balaban J connectivity index is 2.40. The Morgan fingerprint density at radius 3 is 2.53 bits per heavy atom. The van der Waals surface area contributed by atoms with Gasteiger partial charge in [-0.2, -0.15) is 0 Å². The fourth-order valence-electron chi connectivity index (χ4n) is 1.07. The third-order valence-electron chi connectivity index (χ3n) is 1.85. The van der Waals surface area contributed by atoms with Crippen LogP contribution in [0, 0.1) is 11.8 Å². The van der Waals surface area contributed by atoms with Gasteiger partial charge in [-0.25, -0.2) is 4.79 Å². The Hall–Kier alpha value is -2.15. The number of rotatable bonds is 3. The van der Waals surface area contributed by atoms with Crippen LogP contribution in [0.15, 0.2) is 24.3 Å². The molecule has 1 aromatic rings. The second-order valence-corrected chi connectivity index (χ2v) is 3.00. The molecule has 0 amide bonds. The van der Waals surface area contributed by atoms with E-state index >= 15 is 0 Å². The van der Waals surface area contributed by atoms with E-state index in [0.29, 0.717) is 6.61 Å². The van der Waals surface area contributed by atoms with Crippen LogP contribution in [0.3, 0.4) is 0 Å². The minimum Gasteiger partial charge on any atom is -0.497 e. The summed E-state index contributed by atoms with van der Waals surface area (Å²) in [5.74, 6) is 6.35. The number of ether oxygens (including phenoxy) is 3. The maximum Gasteiger partial charge on any atom is 0.509 e. The van der Waals surface area contributed by atoms with E-state index < -0.39 is 6.16 Å². The van der Waals surface area contributed by atoms with E-state index in [4.69, 9.17) is 4.74 Å². The number of carbonyl (C=O) groups is 1. The second-order valence-electron chi connectivity index (χ2n) is 3.00. The van der Waals surface area contributed by atoms with E-state index in [0.717, 1.165) is 11.3 Å². The highest BCUT2D eigenvalue weighted by atomic mass is 16.7.